The standard InChI is InChI=1S/C25H36N4O3/c1-18(2)32-16-10-15-29-23(30)22-27-20-13-8-9-14-21(20)28(22)17-25(29,3)24(31)26-19-11-6-4-5-7-12-19/h8-9,13-14,18-19H,4-7,10-12,15-17H2,1-3H3,(H,26,31)/t25-/m1/s1. The zero-order chi connectivity index (χ0) is 22.7. The van der Waals surface area contributed by atoms with Gasteiger partial charge in [0.1, 0.15) is 5.54 Å². The van der Waals surface area contributed by atoms with Crippen LogP contribution in [-0.4, -0.2) is 57.1 Å². The van der Waals surface area contributed by atoms with Gasteiger partial charge in [-0.15, -0.1) is 0 Å². The summed E-state index contributed by atoms with van der Waals surface area (Å²) in [5.74, 6) is 0.164. The normalized spacial score (nSPS) is 22.2. The summed E-state index contributed by atoms with van der Waals surface area (Å²) in [6.45, 7) is 7.31. The van der Waals surface area contributed by atoms with Crippen LogP contribution in [0.25, 0.3) is 11.0 Å². The number of amides is 2. The van der Waals surface area contributed by atoms with Gasteiger partial charge in [0.25, 0.3) is 5.91 Å². The SMILES string of the molecule is CC(C)OCCCN1C(=O)c2nc3ccccc3n2C[C@]1(C)C(=O)NC1CCCCCC1. The monoisotopic (exact) mass is 440 g/mol. The summed E-state index contributed by atoms with van der Waals surface area (Å²) in [7, 11) is 0. The molecule has 1 saturated carbocycles. The van der Waals surface area contributed by atoms with Crippen molar-refractivity contribution in [1.29, 1.82) is 0 Å². The van der Waals surface area contributed by atoms with Crippen LogP contribution in [0, 0.1) is 0 Å². The number of hydrogen-bond acceptors (Lipinski definition) is 4. The minimum absolute atomic E-state index is 0.0639. The molecule has 0 radical (unpaired) electrons. The first-order chi connectivity index (χ1) is 15.4. The van der Waals surface area contributed by atoms with E-state index in [0.29, 0.717) is 31.9 Å². The Balaban J connectivity index is 1.62. The fourth-order valence-corrected chi connectivity index (χ4v) is 4.99. The molecule has 7 heteroatoms. The Morgan fingerprint density at radius 2 is 1.94 bits per heavy atom. The molecule has 1 N–H and O–H groups in total. The largest absolute Gasteiger partial charge is 0.379 e. The van der Waals surface area contributed by atoms with E-state index in [1.54, 1.807) is 4.90 Å². The number of aromatic nitrogens is 2. The van der Waals surface area contributed by atoms with Crippen LogP contribution >= 0.6 is 0 Å². The Kier molecular flexibility index (Phi) is 6.84. The average Bonchev–Trinajstić information content (AvgIpc) is 2.93. The van der Waals surface area contributed by atoms with E-state index in [2.05, 4.69) is 10.3 Å². The number of carbonyl (C=O) groups excluding carboxylic acids is 2. The molecule has 1 atom stereocenters. The minimum Gasteiger partial charge on any atom is -0.379 e. The predicted octanol–water partition coefficient (Wildman–Crippen LogP) is 3.90. The van der Waals surface area contributed by atoms with Crippen molar-refractivity contribution in [2.24, 2.45) is 0 Å². The second-order valence-electron chi connectivity index (χ2n) is 9.68. The summed E-state index contributed by atoms with van der Waals surface area (Å²) in [4.78, 5) is 33.6. The lowest BCUT2D eigenvalue weighted by molar-refractivity contribution is -0.133. The highest BCUT2D eigenvalue weighted by molar-refractivity contribution is 6.01. The Bertz CT molecular complexity index is 961. The second-order valence-corrected chi connectivity index (χ2v) is 9.68. The van der Waals surface area contributed by atoms with Crippen molar-refractivity contribution in [3.05, 3.63) is 30.1 Å². The third-order valence-electron chi connectivity index (χ3n) is 6.81. The van der Waals surface area contributed by atoms with Crippen molar-refractivity contribution < 1.29 is 14.3 Å². The van der Waals surface area contributed by atoms with Crippen LogP contribution in [0.5, 0.6) is 0 Å². The molecule has 0 bridgehead atoms. The van der Waals surface area contributed by atoms with Gasteiger partial charge in [0.2, 0.25) is 5.91 Å². The van der Waals surface area contributed by atoms with Crippen molar-refractivity contribution in [2.75, 3.05) is 13.2 Å². The maximum atomic E-state index is 13.7. The highest BCUT2D eigenvalue weighted by Crippen LogP contribution is 2.31. The van der Waals surface area contributed by atoms with Gasteiger partial charge in [-0.1, -0.05) is 37.8 Å². The summed E-state index contributed by atoms with van der Waals surface area (Å²) >= 11 is 0. The van der Waals surface area contributed by atoms with Crippen LogP contribution in [0.2, 0.25) is 0 Å². The van der Waals surface area contributed by atoms with Crippen LogP contribution < -0.4 is 5.32 Å². The first kappa shape index (κ1) is 22.8. The van der Waals surface area contributed by atoms with Crippen LogP contribution in [0.15, 0.2) is 24.3 Å². The minimum atomic E-state index is -0.975. The van der Waals surface area contributed by atoms with Gasteiger partial charge < -0.3 is 19.5 Å². The summed E-state index contributed by atoms with van der Waals surface area (Å²) < 4.78 is 7.61. The topological polar surface area (TPSA) is 76.5 Å². The smallest absolute Gasteiger partial charge is 0.290 e. The van der Waals surface area contributed by atoms with E-state index in [1.807, 2.05) is 49.6 Å². The van der Waals surface area contributed by atoms with Gasteiger partial charge >= 0.3 is 0 Å². The molecule has 2 heterocycles. The predicted molar refractivity (Wildman–Crippen MR) is 125 cm³/mol. The number of carbonyl (C=O) groups is 2. The summed E-state index contributed by atoms with van der Waals surface area (Å²) in [6.07, 6.45) is 7.59. The van der Waals surface area contributed by atoms with Gasteiger partial charge in [-0.2, -0.15) is 0 Å². The first-order valence-electron chi connectivity index (χ1n) is 12.1. The van der Waals surface area contributed by atoms with E-state index < -0.39 is 5.54 Å². The molecule has 1 aliphatic carbocycles. The fourth-order valence-electron chi connectivity index (χ4n) is 4.99. The summed E-state index contributed by atoms with van der Waals surface area (Å²) in [5, 5.41) is 3.30. The molecule has 174 valence electrons. The Morgan fingerprint density at radius 1 is 1.22 bits per heavy atom. The third kappa shape index (κ3) is 4.53. The molecule has 0 spiro atoms. The number of para-hydroxylation sites is 2. The van der Waals surface area contributed by atoms with Crippen molar-refractivity contribution in [2.45, 2.75) is 89.9 Å². The zero-order valence-corrected chi connectivity index (χ0v) is 19.6. The van der Waals surface area contributed by atoms with Crippen molar-refractivity contribution in [1.82, 2.24) is 19.8 Å². The van der Waals surface area contributed by atoms with Gasteiger partial charge in [0, 0.05) is 19.2 Å². The Labute approximate surface area is 190 Å². The van der Waals surface area contributed by atoms with E-state index >= 15 is 0 Å². The fraction of sp³-hybridized carbons (Fsp3) is 0.640. The maximum Gasteiger partial charge on any atom is 0.290 e. The number of hydrogen-bond donors (Lipinski definition) is 1. The molecule has 32 heavy (non-hydrogen) atoms. The highest BCUT2D eigenvalue weighted by Gasteiger charge is 2.48. The van der Waals surface area contributed by atoms with Gasteiger partial charge in [-0.3, -0.25) is 9.59 Å². The Hall–Kier alpha value is -2.41. The van der Waals surface area contributed by atoms with Crippen molar-refractivity contribution in [3.8, 4) is 0 Å². The van der Waals surface area contributed by atoms with Crippen molar-refractivity contribution >= 4 is 22.8 Å². The second kappa shape index (κ2) is 9.61. The molecule has 7 nitrogen and oxygen atoms in total. The summed E-state index contributed by atoms with van der Waals surface area (Å²) in [5.41, 5.74) is 0.706. The molecule has 0 saturated heterocycles. The van der Waals surface area contributed by atoms with Gasteiger partial charge in [-0.25, -0.2) is 4.98 Å². The molecule has 2 amide bonds. The molecule has 0 unspecified atom stereocenters. The quantitative estimate of drug-likeness (QED) is 0.523. The number of imidazole rings is 1. The van der Waals surface area contributed by atoms with Crippen LogP contribution in [0.1, 0.15) is 76.3 Å². The number of benzene rings is 1. The molecule has 1 aliphatic heterocycles. The lowest BCUT2D eigenvalue weighted by atomic mass is 9.93. The van der Waals surface area contributed by atoms with E-state index in [-0.39, 0.29) is 24.0 Å². The number of rotatable bonds is 7. The van der Waals surface area contributed by atoms with E-state index in [4.69, 9.17) is 4.74 Å². The molecule has 1 aromatic heterocycles. The number of nitrogens with one attached hydrogen (secondary N) is 1. The number of fused-ring (bicyclic) bond motifs is 3. The number of nitrogens with zero attached hydrogens (tertiary/aromatic N) is 3. The molecular formula is C25H36N4O3. The van der Waals surface area contributed by atoms with Crippen LogP contribution in [0.4, 0.5) is 0 Å². The highest BCUT2D eigenvalue weighted by atomic mass is 16.5. The molecule has 1 fully saturated rings. The lowest BCUT2D eigenvalue weighted by Gasteiger charge is -2.44. The Morgan fingerprint density at radius 3 is 2.66 bits per heavy atom. The van der Waals surface area contributed by atoms with Gasteiger partial charge in [0.05, 0.1) is 23.7 Å². The van der Waals surface area contributed by atoms with E-state index in [1.165, 1.54) is 12.8 Å². The molecular weight excluding hydrogens is 404 g/mol. The molecule has 2 aromatic rings. The lowest BCUT2D eigenvalue weighted by Crippen LogP contribution is -2.65. The van der Waals surface area contributed by atoms with E-state index in [9.17, 15) is 9.59 Å². The van der Waals surface area contributed by atoms with E-state index in [0.717, 1.165) is 36.7 Å². The van der Waals surface area contributed by atoms with Gasteiger partial charge in [0.15, 0.2) is 5.82 Å². The van der Waals surface area contributed by atoms with Gasteiger partial charge in [-0.05, 0) is 52.2 Å². The molecule has 1 aromatic carbocycles. The maximum absolute atomic E-state index is 13.7. The molecule has 4 rings (SSSR count). The molecule has 2 aliphatic rings. The van der Waals surface area contributed by atoms with Crippen LogP contribution in [-0.2, 0) is 16.1 Å². The average molecular weight is 441 g/mol. The van der Waals surface area contributed by atoms with Crippen LogP contribution in [0.3, 0.4) is 0 Å². The first-order valence-corrected chi connectivity index (χ1v) is 12.1. The summed E-state index contributed by atoms with van der Waals surface area (Å²) in [6, 6.07) is 7.93. The van der Waals surface area contributed by atoms with Crippen molar-refractivity contribution in [3.63, 3.8) is 0 Å². The zero-order valence-electron chi connectivity index (χ0n) is 19.6. The number of ether oxygens (including phenoxy) is 1. The third-order valence-corrected chi connectivity index (χ3v) is 6.81.